The molecule has 0 bridgehead atoms. The molecule has 2 amide bonds. The van der Waals surface area contributed by atoms with Crippen molar-refractivity contribution in [1.29, 1.82) is 0 Å². The Labute approximate surface area is 135 Å². The van der Waals surface area contributed by atoms with Crippen LogP contribution in [0.4, 0.5) is 4.79 Å². The van der Waals surface area contributed by atoms with E-state index < -0.39 is 0 Å². The predicted molar refractivity (Wildman–Crippen MR) is 89.3 cm³/mol. The largest absolute Gasteiger partial charge is 0.337 e. The monoisotopic (exact) mass is 321 g/mol. The molecule has 1 aromatic heterocycles. The molecule has 5 nitrogen and oxygen atoms in total. The Hall–Kier alpha value is -1.56. The standard InChI is InChI=1S/C16H23N3O2S/c1-2-22-11-9-18-16(21)19-10-5-6-13(12-19)15(20)14-7-3-4-8-17-14/h3-4,7-8,13H,2,5-6,9-12H2,1H3,(H,18,21). The number of amides is 2. The lowest BCUT2D eigenvalue weighted by molar-refractivity contribution is 0.0841. The van der Waals surface area contributed by atoms with E-state index in [4.69, 9.17) is 0 Å². The third kappa shape index (κ3) is 4.73. The van der Waals surface area contributed by atoms with Gasteiger partial charge in [-0.25, -0.2) is 4.79 Å². The maximum Gasteiger partial charge on any atom is 0.317 e. The van der Waals surface area contributed by atoms with E-state index in [1.807, 2.05) is 6.07 Å². The smallest absolute Gasteiger partial charge is 0.317 e. The number of aromatic nitrogens is 1. The van der Waals surface area contributed by atoms with E-state index in [0.717, 1.165) is 30.9 Å². The Bertz CT molecular complexity index is 495. The molecule has 0 saturated carbocycles. The average Bonchev–Trinajstić information content (AvgIpc) is 2.59. The van der Waals surface area contributed by atoms with Crippen LogP contribution < -0.4 is 5.32 Å². The lowest BCUT2D eigenvalue weighted by Crippen LogP contribution is -2.47. The second-order valence-corrected chi connectivity index (χ2v) is 6.69. The maximum atomic E-state index is 12.4. The molecule has 1 unspecified atom stereocenters. The van der Waals surface area contributed by atoms with Crippen LogP contribution in [0.5, 0.6) is 0 Å². The summed E-state index contributed by atoms with van der Waals surface area (Å²) in [6, 6.07) is 5.30. The summed E-state index contributed by atoms with van der Waals surface area (Å²) in [5, 5.41) is 2.93. The van der Waals surface area contributed by atoms with Gasteiger partial charge in [0.2, 0.25) is 0 Å². The van der Waals surface area contributed by atoms with Gasteiger partial charge in [-0.1, -0.05) is 13.0 Å². The zero-order valence-corrected chi connectivity index (χ0v) is 13.8. The van der Waals surface area contributed by atoms with Gasteiger partial charge in [-0.05, 0) is 30.7 Å². The maximum absolute atomic E-state index is 12.4. The molecule has 1 atom stereocenters. The number of likely N-dealkylation sites (tertiary alicyclic amines) is 1. The summed E-state index contributed by atoms with van der Waals surface area (Å²) in [6.45, 7) is 3.98. The van der Waals surface area contributed by atoms with E-state index in [9.17, 15) is 9.59 Å². The van der Waals surface area contributed by atoms with Crippen LogP contribution in [0, 0.1) is 5.92 Å². The molecule has 120 valence electrons. The van der Waals surface area contributed by atoms with Gasteiger partial charge >= 0.3 is 6.03 Å². The van der Waals surface area contributed by atoms with Crippen LogP contribution in [0.15, 0.2) is 24.4 Å². The highest BCUT2D eigenvalue weighted by Gasteiger charge is 2.29. The molecule has 1 fully saturated rings. The van der Waals surface area contributed by atoms with E-state index in [2.05, 4.69) is 17.2 Å². The quantitative estimate of drug-likeness (QED) is 0.646. The van der Waals surface area contributed by atoms with E-state index in [-0.39, 0.29) is 17.7 Å². The fourth-order valence-corrected chi connectivity index (χ4v) is 3.11. The number of ketones is 1. The first-order chi connectivity index (χ1) is 10.7. The van der Waals surface area contributed by atoms with Gasteiger partial charge in [0.15, 0.2) is 5.78 Å². The van der Waals surface area contributed by atoms with E-state index in [1.165, 1.54) is 0 Å². The highest BCUT2D eigenvalue weighted by atomic mass is 32.2. The normalized spacial score (nSPS) is 18.0. The van der Waals surface area contributed by atoms with Gasteiger partial charge < -0.3 is 10.2 Å². The van der Waals surface area contributed by atoms with Crippen molar-refractivity contribution in [3.8, 4) is 0 Å². The Morgan fingerprint density at radius 1 is 1.45 bits per heavy atom. The highest BCUT2D eigenvalue weighted by molar-refractivity contribution is 7.99. The summed E-state index contributed by atoms with van der Waals surface area (Å²) in [5.41, 5.74) is 0.495. The number of hydrogen-bond donors (Lipinski definition) is 1. The summed E-state index contributed by atoms with van der Waals surface area (Å²) >= 11 is 1.80. The number of thioether (sulfide) groups is 1. The van der Waals surface area contributed by atoms with Gasteiger partial charge in [-0.15, -0.1) is 0 Å². The molecule has 22 heavy (non-hydrogen) atoms. The molecule has 1 aliphatic heterocycles. The minimum absolute atomic E-state index is 0.0413. The second kappa shape index (κ2) is 8.78. The Kier molecular flexibility index (Phi) is 6.71. The minimum atomic E-state index is -0.139. The number of urea groups is 1. The van der Waals surface area contributed by atoms with E-state index in [1.54, 1.807) is 35.0 Å². The average molecular weight is 321 g/mol. The molecular formula is C16H23N3O2S. The summed E-state index contributed by atoms with van der Waals surface area (Å²) < 4.78 is 0. The zero-order valence-electron chi connectivity index (χ0n) is 13.0. The van der Waals surface area contributed by atoms with Crippen molar-refractivity contribution >= 4 is 23.6 Å². The van der Waals surface area contributed by atoms with Crippen LogP contribution in [-0.4, -0.2) is 52.8 Å². The van der Waals surface area contributed by atoms with Crippen LogP contribution in [0.25, 0.3) is 0 Å². The summed E-state index contributed by atoms with van der Waals surface area (Å²) in [4.78, 5) is 30.5. The van der Waals surface area contributed by atoms with Gasteiger partial charge in [-0.2, -0.15) is 11.8 Å². The number of carbonyl (C=O) groups excluding carboxylic acids is 2. The topological polar surface area (TPSA) is 62.3 Å². The lowest BCUT2D eigenvalue weighted by atomic mass is 9.92. The first kappa shape index (κ1) is 16.8. The third-order valence-electron chi connectivity index (χ3n) is 3.72. The lowest BCUT2D eigenvalue weighted by Gasteiger charge is -2.31. The zero-order chi connectivity index (χ0) is 15.8. The van der Waals surface area contributed by atoms with Crippen LogP contribution in [0.2, 0.25) is 0 Å². The molecule has 1 saturated heterocycles. The van der Waals surface area contributed by atoms with Crippen LogP contribution in [0.3, 0.4) is 0 Å². The van der Waals surface area contributed by atoms with Crippen molar-refractivity contribution in [2.24, 2.45) is 5.92 Å². The molecule has 6 heteroatoms. The molecule has 2 rings (SSSR count). The molecular weight excluding hydrogens is 298 g/mol. The van der Waals surface area contributed by atoms with Crippen molar-refractivity contribution in [1.82, 2.24) is 15.2 Å². The molecule has 0 radical (unpaired) electrons. The van der Waals surface area contributed by atoms with Crippen molar-refractivity contribution in [2.45, 2.75) is 19.8 Å². The minimum Gasteiger partial charge on any atom is -0.337 e. The number of rotatable bonds is 6. The van der Waals surface area contributed by atoms with E-state index >= 15 is 0 Å². The Morgan fingerprint density at radius 2 is 2.32 bits per heavy atom. The summed E-state index contributed by atoms with van der Waals surface area (Å²) in [6.07, 6.45) is 3.32. The van der Waals surface area contributed by atoms with Gasteiger partial charge in [0.25, 0.3) is 0 Å². The molecule has 1 aromatic rings. The van der Waals surface area contributed by atoms with Crippen molar-refractivity contribution in [2.75, 3.05) is 31.1 Å². The van der Waals surface area contributed by atoms with Gasteiger partial charge in [0.1, 0.15) is 5.69 Å². The molecule has 2 heterocycles. The molecule has 0 spiro atoms. The molecule has 0 aliphatic carbocycles. The van der Waals surface area contributed by atoms with Gasteiger partial charge in [-0.3, -0.25) is 9.78 Å². The van der Waals surface area contributed by atoms with Crippen LogP contribution in [0.1, 0.15) is 30.3 Å². The van der Waals surface area contributed by atoms with Crippen LogP contribution >= 0.6 is 11.8 Å². The number of carbonyl (C=O) groups is 2. The summed E-state index contributed by atoms with van der Waals surface area (Å²) in [5.74, 6) is 1.88. The highest BCUT2D eigenvalue weighted by Crippen LogP contribution is 2.20. The second-order valence-electron chi connectivity index (χ2n) is 5.29. The number of hydrogen-bond acceptors (Lipinski definition) is 4. The number of Topliss-reactive ketones (excluding diaryl/α,β-unsaturated/α-hetero) is 1. The van der Waals surface area contributed by atoms with Crippen LogP contribution in [-0.2, 0) is 0 Å². The fourth-order valence-electron chi connectivity index (χ4n) is 2.58. The van der Waals surface area contributed by atoms with Gasteiger partial charge in [0, 0.05) is 37.5 Å². The Morgan fingerprint density at radius 3 is 3.05 bits per heavy atom. The Balaban J connectivity index is 1.86. The first-order valence-electron chi connectivity index (χ1n) is 7.78. The van der Waals surface area contributed by atoms with Crippen molar-refractivity contribution in [3.63, 3.8) is 0 Å². The molecule has 1 N–H and O–H groups in total. The number of pyridine rings is 1. The fraction of sp³-hybridized carbons (Fsp3) is 0.562. The number of nitrogens with one attached hydrogen (secondary N) is 1. The molecule has 1 aliphatic rings. The van der Waals surface area contributed by atoms with Crippen molar-refractivity contribution < 1.29 is 9.59 Å². The SMILES string of the molecule is CCSCCNC(=O)N1CCCC(C(=O)c2ccccn2)C1. The number of piperidine rings is 1. The molecule has 0 aromatic carbocycles. The predicted octanol–water partition coefficient (Wildman–Crippen LogP) is 2.44. The van der Waals surface area contributed by atoms with Gasteiger partial charge in [0.05, 0.1) is 0 Å². The van der Waals surface area contributed by atoms with Crippen molar-refractivity contribution in [3.05, 3.63) is 30.1 Å². The summed E-state index contributed by atoms with van der Waals surface area (Å²) in [7, 11) is 0. The van der Waals surface area contributed by atoms with E-state index in [0.29, 0.717) is 18.8 Å². The number of nitrogens with zero attached hydrogens (tertiary/aromatic N) is 2. The third-order valence-corrected chi connectivity index (χ3v) is 4.62. The first-order valence-corrected chi connectivity index (χ1v) is 8.93.